The van der Waals surface area contributed by atoms with E-state index in [1.54, 1.807) is 7.05 Å². The number of likely N-dealkylation sites (N-methyl/N-ethyl adjacent to an activating group) is 1. The number of nitrogens with zero attached hydrogens (tertiary/aromatic N) is 5. The lowest BCUT2D eigenvalue weighted by molar-refractivity contribution is -0.00107. The molecule has 2 aromatic heterocycles. The molecule has 0 unspecified atom stereocenters. The standard InChI is InChI=1S/C16H21N5O3/c1-12-8-14(18-11-17-12)21-7-3-5-16(23,10-21)9-20(2)15(22)13-4-6-19-24-13/h4,6,8,11,23H,3,5,7,9-10H2,1-2H3/t16-/m0/s1. The summed E-state index contributed by atoms with van der Waals surface area (Å²) >= 11 is 0. The molecule has 1 saturated heterocycles. The number of hydrogen-bond donors (Lipinski definition) is 1. The molecule has 0 aromatic carbocycles. The van der Waals surface area contributed by atoms with Gasteiger partial charge in [0.15, 0.2) is 0 Å². The highest BCUT2D eigenvalue weighted by atomic mass is 16.5. The van der Waals surface area contributed by atoms with Gasteiger partial charge < -0.3 is 19.4 Å². The van der Waals surface area contributed by atoms with Gasteiger partial charge >= 0.3 is 0 Å². The second-order valence-electron chi connectivity index (χ2n) is 6.30. The zero-order valence-electron chi connectivity index (χ0n) is 13.8. The van der Waals surface area contributed by atoms with Crippen LogP contribution in [-0.2, 0) is 0 Å². The topological polar surface area (TPSA) is 95.6 Å². The predicted octanol–water partition coefficient (Wildman–Crippen LogP) is 0.877. The molecule has 3 rings (SSSR count). The maximum Gasteiger partial charge on any atom is 0.292 e. The highest BCUT2D eigenvalue weighted by molar-refractivity contribution is 5.91. The van der Waals surface area contributed by atoms with E-state index in [0.717, 1.165) is 24.5 Å². The molecule has 1 N–H and O–H groups in total. The molecule has 8 heteroatoms. The molecule has 8 nitrogen and oxygen atoms in total. The Morgan fingerprint density at radius 3 is 3.04 bits per heavy atom. The van der Waals surface area contributed by atoms with Crippen molar-refractivity contribution >= 4 is 11.7 Å². The van der Waals surface area contributed by atoms with E-state index in [2.05, 4.69) is 15.1 Å². The zero-order valence-corrected chi connectivity index (χ0v) is 13.8. The molecule has 1 atom stereocenters. The second kappa shape index (κ2) is 6.56. The van der Waals surface area contributed by atoms with Crippen LogP contribution in [0.4, 0.5) is 5.82 Å². The summed E-state index contributed by atoms with van der Waals surface area (Å²) in [5.74, 6) is 0.668. The fourth-order valence-electron chi connectivity index (χ4n) is 3.08. The van der Waals surface area contributed by atoms with Gasteiger partial charge in [-0.15, -0.1) is 0 Å². The van der Waals surface area contributed by atoms with E-state index < -0.39 is 5.60 Å². The third kappa shape index (κ3) is 3.53. The Balaban J connectivity index is 1.69. The average molecular weight is 331 g/mol. The van der Waals surface area contributed by atoms with Crippen LogP contribution < -0.4 is 4.90 Å². The summed E-state index contributed by atoms with van der Waals surface area (Å²) in [7, 11) is 1.65. The number of aryl methyl sites for hydroxylation is 1. The van der Waals surface area contributed by atoms with E-state index in [0.29, 0.717) is 13.0 Å². The van der Waals surface area contributed by atoms with Gasteiger partial charge in [0, 0.05) is 38.0 Å². The molecule has 1 aliphatic rings. The van der Waals surface area contributed by atoms with Crippen molar-refractivity contribution in [2.45, 2.75) is 25.4 Å². The highest BCUT2D eigenvalue weighted by Crippen LogP contribution is 2.26. The molecule has 128 valence electrons. The first kappa shape index (κ1) is 16.4. The lowest BCUT2D eigenvalue weighted by Crippen LogP contribution is -2.54. The first-order chi connectivity index (χ1) is 11.5. The van der Waals surface area contributed by atoms with Gasteiger partial charge in [0.25, 0.3) is 5.91 Å². The zero-order chi connectivity index (χ0) is 17.2. The van der Waals surface area contributed by atoms with Crippen LogP contribution in [0.15, 0.2) is 29.2 Å². The number of aromatic nitrogens is 3. The lowest BCUT2D eigenvalue weighted by Gasteiger charge is -2.41. The van der Waals surface area contributed by atoms with Crippen LogP contribution in [0, 0.1) is 6.92 Å². The van der Waals surface area contributed by atoms with Gasteiger partial charge in [-0.3, -0.25) is 4.79 Å². The number of hydrogen-bond acceptors (Lipinski definition) is 7. The molecular formula is C16H21N5O3. The van der Waals surface area contributed by atoms with Crippen LogP contribution in [0.5, 0.6) is 0 Å². The van der Waals surface area contributed by atoms with E-state index in [9.17, 15) is 9.90 Å². The van der Waals surface area contributed by atoms with E-state index in [4.69, 9.17) is 4.52 Å². The Morgan fingerprint density at radius 2 is 2.33 bits per heavy atom. The molecule has 1 fully saturated rings. The van der Waals surface area contributed by atoms with E-state index in [1.165, 1.54) is 23.5 Å². The number of piperidine rings is 1. The normalized spacial score (nSPS) is 20.9. The molecule has 2 aromatic rings. The van der Waals surface area contributed by atoms with Crippen molar-refractivity contribution in [2.75, 3.05) is 31.6 Å². The number of β-amino-alcohol motifs (C(OH)–C–C–N with tert-alkyl or cyclic N) is 1. The minimum atomic E-state index is -0.998. The van der Waals surface area contributed by atoms with Crippen molar-refractivity contribution in [3.8, 4) is 0 Å². The SMILES string of the molecule is Cc1cc(N2CCC[C@](O)(CN(C)C(=O)c3ccno3)C2)ncn1. The molecule has 0 spiro atoms. The fourth-order valence-corrected chi connectivity index (χ4v) is 3.08. The van der Waals surface area contributed by atoms with Gasteiger partial charge in [0.05, 0.1) is 18.3 Å². The van der Waals surface area contributed by atoms with Crippen LogP contribution in [0.1, 0.15) is 29.1 Å². The minimum Gasteiger partial charge on any atom is -0.386 e. The summed E-state index contributed by atoms with van der Waals surface area (Å²) in [5, 5.41) is 14.5. The Morgan fingerprint density at radius 1 is 1.50 bits per heavy atom. The Hall–Kier alpha value is -2.48. The number of aliphatic hydroxyl groups is 1. The van der Waals surface area contributed by atoms with Crippen LogP contribution in [0.2, 0.25) is 0 Å². The molecule has 24 heavy (non-hydrogen) atoms. The van der Waals surface area contributed by atoms with Crippen LogP contribution in [-0.4, -0.2) is 63.3 Å². The highest BCUT2D eigenvalue weighted by Gasteiger charge is 2.36. The molecule has 1 aliphatic heterocycles. The predicted molar refractivity (Wildman–Crippen MR) is 86.6 cm³/mol. The van der Waals surface area contributed by atoms with Crippen molar-refractivity contribution in [1.29, 1.82) is 0 Å². The summed E-state index contributed by atoms with van der Waals surface area (Å²) in [6, 6.07) is 3.41. The largest absolute Gasteiger partial charge is 0.386 e. The Kier molecular flexibility index (Phi) is 4.48. The van der Waals surface area contributed by atoms with Crippen molar-refractivity contribution in [2.24, 2.45) is 0 Å². The van der Waals surface area contributed by atoms with Crippen molar-refractivity contribution in [3.05, 3.63) is 36.1 Å². The maximum absolute atomic E-state index is 12.3. The van der Waals surface area contributed by atoms with Crippen molar-refractivity contribution in [1.82, 2.24) is 20.0 Å². The first-order valence-corrected chi connectivity index (χ1v) is 7.89. The second-order valence-corrected chi connectivity index (χ2v) is 6.30. The summed E-state index contributed by atoms with van der Waals surface area (Å²) in [4.78, 5) is 24.2. The number of rotatable bonds is 4. The van der Waals surface area contributed by atoms with Gasteiger partial charge in [-0.1, -0.05) is 5.16 Å². The van der Waals surface area contributed by atoms with E-state index in [-0.39, 0.29) is 18.2 Å². The summed E-state index contributed by atoms with van der Waals surface area (Å²) in [5.41, 5.74) is -0.117. The Labute approximate surface area is 140 Å². The third-order valence-electron chi connectivity index (χ3n) is 4.20. The van der Waals surface area contributed by atoms with Gasteiger partial charge in [-0.05, 0) is 19.8 Å². The van der Waals surface area contributed by atoms with Gasteiger partial charge in [-0.25, -0.2) is 9.97 Å². The van der Waals surface area contributed by atoms with Crippen LogP contribution in [0.25, 0.3) is 0 Å². The smallest absolute Gasteiger partial charge is 0.292 e. The maximum atomic E-state index is 12.3. The first-order valence-electron chi connectivity index (χ1n) is 7.89. The molecule has 1 amide bonds. The summed E-state index contributed by atoms with van der Waals surface area (Å²) in [6.45, 7) is 3.36. The third-order valence-corrected chi connectivity index (χ3v) is 4.20. The molecule has 0 bridgehead atoms. The average Bonchev–Trinajstić information content (AvgIpc) is 3.08. The molecule has 0 aliphatic carbocycles. The van der Waals surface area contributed by atoms with E-state index in [1.807, 2.05) is 17.9 Å². The number of carbonyl (C=O) groups excluding carboxylic acids is 1. The summed E-state index contributed by atoms with van der Waals surface area (Å²) in [6.07, 6.45) is 4.40. The van der Waals surface area contributed by atoms with Gasteiger partial charge in [0.2, 0.25) is 5.76 Å². The number of anilines is 1. The van der Waals surface area contributed by atoms with Gasteiger partial charge in [-0.2, -0.15) is 0 Å². The Bertz CT molecular complexity index is 705. The molecular weight excluding hydrogens is 310 g/mol. The molecule has 0 saturated carbocycles. The number of amides is 1. The van der Waals surface area contributed by atoms with Crippen molar-refractivity contribution in [3.63, 3.8) is 0 Å². The minimum absolute atomic E-state index is 0.167. The summed E-state index contributed by atoms with van der Waals surface area (Å²) < 4.78 is 4.89. The quantitative estimate of drug-likeness (QED) is 0.888. The van der Waals surface area contributed by atoms with Crippen LogP contribution >= 0.6 is 0 Å². The monoisotopic (exact) mass is 331 g/mol. The van der Waals surface area contributed by atoms with Crippen LogP contribution in [0.3, 0.4) is 0 Å². The lowest BCUT2D eigenvalue weighted by atomic mass is 9.92. The van der Waals surface area contributed by atoms with E-state index >= 15 is 0 Å². The fraction of sp³-hybridized carbons (Fsp3) is 0.500. The van der Waals surface area contributed by atoms with Crippen molar-refractivity contribution < 1.29 is 14.4 Å². The number of carbonyl (C=O) groups is 1. The van der Waals surface area contributed by atoms with Gasteiger partial charge in [0.1, 0.15) is 12.1 Å². The molecule has 0 radical (unpaired) electrons. The molecule has 3 heterocycles.